The second-order valence-electron chi connectivity index (χ2n) is 8.32. The minimum absolute atomic E-state index is 0.161. The minimum atomic E-state index is -0.220. The van der Waals surface area contributed by atoms with Crippen molar-refractivity contribution < 1.29 is 4.79 Å². The SMILES string of the molecule is Cc1cnc(NC(=O)c2ccc(-c3nn(C4CCC(NC#N)CC4)c4ncnc(N)c34)cc2)s1. The van der Waals surface area contributed by atoms with Gasteiger partial charge in [0.1, 0.15) is 17.8 Å². The summed E-state index contributed by atoms with van der Waals surface area (Å²) in [6.07, 6.45) is 8.76. The fourth-order valence-electron chi connectivity index (χ4n) is 4.37. The monoisotopic (exact) mass is 473 g/mol. The Hall–Kier alpha value is -4.04. The Morgan fingerprint density at radius 2 is 1.94 bits per heavy atom. The van der Waals surface area contributed by atoms with E-state index in [-0.39, 0.29) is 18.0 Å². The molecule has 11 heteroatoms. The number of nitrogens with two attached hydrogens (primary N) is 1. The summed E-state index contributed by atoms with van der Waals surface area (Å²) < 4.78 is 1.94. The third-order valence-corrected chi connectivity index (χ3v) is 6.92. The fraction of sp³-hybridized carbons (Fsp3) is 0.304. The Bertz CT molecular complexity index is 1380. The van der Waals surface area contributed by atoms with Gasteiger partial charge in [-0.3, -0.25) is 10.1 Å². The van der Waals surface area contributed by atoms with Crippen molar-refractivity contribution in [2.24, 2.45) is 0 Å². The van der Waals surface area contributed by atoms with Crippen molar-refractivity contribution in [3.8, 4) is 17.5 Å². The lowest BCUT2D eigenvalue weighted by atomic mass is 9.91. The van der Waals surface area contributed by atoms with Gasteiger partial charge in [0, 0.05) is 28.2 Å². The van der Waals surface area contributed by atoms with E-state index in [0.717, 1.165) is 36.1 Å². The highest BCUT2D eigenvalue weighted by Crippen LogP contribution is 2.36. The van der Waals surface area contributed by atoms with Gasteiger partial charge in [-0.05, 0) is 44.7 Å². The number of amides is 1. The first kappa shape index (κ1) is 21.8. The third-order valence-electron chi connectivity index (χ3n) is 6.09. The van der Waals surface area contributed by atoms with Crippen LogP contribution in [0.15, 0.2) is 36.8 Å². The van der Waals surface area contributed by atoms with Crippen molar-refractivity contribution in [2.45, 2.75) is 44.7 Å². The highest BCUT2D eigenvalue weighted by Gasteiger charge is 2.27. The molecular weight excluding hydrogens is 450 g/mol. The number of carbonyl (C=O) groups is 1. The van der Waals surface area contributed by atoms with Crippen molar-refractivity contribution in [3.05, 3.63) is 47.2 Å². The van der Waals surface area contributed by atoms with Gasteiger partial charge in [0.2, 0.25) is 0 Å². The molecule has 0 saturated heterocycles. The van der Waals surface area contributed by atoms with Gasteiger partial charge in [-0.1, -0.05) is 12.1 Å². The third kappa shape index (κ3) is 4.15. The molecule has 0 radical (unpaired) electrons. The molecule has 4 N–H and O–H groups in total. The summed E-state index contributed by atoms with van der Waals surface area (Å²) in [6.45, 7) is 1.94. The van der Waals surface area contributed by atoms with Crippen molar-refractivity contribution >= 4 is 39.2 Å². The lowest BCUT2D eigenvalue weighted by Crippen LogP contribution is -2.31. The lowest BCUT2D eigenvalue weighted by Gasteiger charge is -2.27. The Morgan fingerprint density at radius 3 is 2.62 bits per heavy atom. The predicted molar refractivity (Wildman–Crippen MR) is 130 cm³/mol. The van der Waals surface area contributed by atoms with Crippen LogP contribution in [-0.4, -0.2) is 36.7 Å². The van der Waals surface area contributed by atoms with Gasteiger partial charge in [-0.25, -0.2) is 19.6 Å². The number of nitrogens with one attached hydrogen (secondary N) is 2. The molecular formula is C23H23N9OS. The van der Waals surface area contributed by atoms with E-state index in [0.29, 0.717) is 33.2 Å². The zero-order valence-electron chi connectivity index (χ0n) is 18.5. The highest BCUT2D eigenvalue weighted by atomic mass is 32.1. The molecule has 0 aliphatic heterocycles. The molecule has 10 nitrogen and oxygen atoms in total. The number of nitrogens with zero attached hydrogens (tertiary/aromatic N) is 6. The fourth-order valence-corrected chi connectivity index (χ4v) is 5.03. The van der Waals surface area contributed by atoms with E-state index in [4.69, 9.17) is 16.1 Å². The normalized spacial score (nSPS) is 17.9. The van der Waals surface area contributed by atoms with Crippen LogP contribution in [0.25, 0.3) is 22.3 Å². The first-order valence-electron chi connectivity index (χ1n) is 11.0. The van der Waals surface area contributed by atoms with Crippen LogP contribution in [0.3, 0.4) is 0 Å². The van der Waals surface area contributed by atoms with E-state index < -0.39 is 0 Å². The van der Waals surface area contributed by atoms with Crippen molar-refractivity contribution in [1.29, 1.82) is 5.26 Å². The van der Waals surface area contributed by atoms with Gasteiger partial charge < -0.3 is 11.1 Å². The minimum Gasteiger partial charge on any atom is -0.383 e. The van der Waals surface area contributed by atoms with E-state index >= 15 is 0 Å². The molecule has 0 unspecified atom stereocenters. The molecule has 34 heavy (non-hydrogen) atoms. The maximum atomic E-state index is 12.6. The average molecular weight is 474 g/mol. The molecule has 0 bridgehead atoms. The van der Waals surface area contributed by atoms with Gasteiger partial charge >= 0.3 is 0 Å². The number of nitrogen functional groups attached to an aromatic ring is 1. The van der Waals surface area contributed by atoms with Crippen LogP contribution < -0.4 is 16.4 Å². The Labute approximate surface area is 199 Å². The number of benzene rings is 1. The van der Waals surface area contributed by atoms with Crippen LogP contribution in [0.2, 0.25) is 0 Å². The molecule has 172 valence electrons. The Morgan fingerprint density at radius 1 is 1.18 bits per heavy atom. The highest BCUT2D eigenvalue weighted by molar-refractivity contribution is 7.15. The molecule has 3 heterocycles. The number of aromatic nitrogens is 5. The number of anilines is 2. The second kappa shape index (κ2) is 9.07. The van der Waals surface area contributed by atoms with Crippen molar-refractivity contribution in [3.63, 3.8) is 0 Å². The van der Waals surface area contributed by atoms with Gasteiger partial charge in [-0.15, -0.1) is 11.3 Å². The van der Waals surface area contributed by atoms with Crippen LogP contribution >= 0.6 is 11.3 Å². The smallest absolute Gasteiger partial charge is 0.257 e. The van der Waals surface area contributed by atoms with Gasteiger partial charge in [0.05, 0.1) is 11.4 Å². The topological polar surface area (TPSA) is 147 Å². The maximum absolute atomic E-state index is 12.6. The molecule has 0 atom stereocenters. The standard InChI is InChI=1S/C23H23N9OS/c1-13-10-26-23(34-13)30-22(33)15-4-2-14(3-5-15)19-18-20(25)28-12-29-21(18)32(31-19)17-8-6-16(7-9-17)27-11-24/h2-5,10,12,16-17,27H,6-9H2,1H3,(H2,25,28,29)(H,26,30,33). The summed E-state index contributed by atoms with van der Waals surface area (Å²) in [5.41, 5.74) is 8.97. The van der Waals surface area contributed by atoms with E-state index in [1.807, 2.05) is 29.9 Å². The number of hydrogen-bond donors (Lipinski definition) is 3. The van der Waals surface area contributed by atoms with E-state index in [1.165, 1.54) is 17.7 Å². The summed E-state index contributed by atoms with van der Waals surface area (Å²) >= 11 is 1.43. The van der Waals surface area contributed by atoms with Crippen LogP contribution in [0, 0.1) is 18.4 Å². The summed E-state index contributed by atoms with van der Waals surface area (Å²) in [5, 5.41) is 20.7. The quantitative estimate of drug-likeness (QED) is 0.294. The largest absolute Gasteiger partial charge is 0.383 e. The van der Waals surface area contributed by atoms with Gasteiger partial charge in [-0.2, -0.15) is 10.4 Å². The molecule has 1 aliphatic carbocycles. The molecule has 5 rings (SSSR count). The maximum Gasteiger partial charge on any atom is 0.257 e. The second-order valence-corrected chi connectivity index (χ2v) is 9.55. The molecule has 0 spiro atoms. The van der Waals surface area contributed by atoms with Crippen LogP contribution in [-0.2, 0) is 0 Å². The lowest BCUT2D eigenvalue weighted by molar-refractivity contribution is 0.102. The number of nitriles is 1. The van der Waals surface area contributed by atoms with E-state index in [9.17, 15) is 4.79 Å². The number of aryl methyl sites for hydroxylation is 1. The van der Waals surface area contributed by atoms with Crippen LogP contribution in [0.4, 0.5) is 10.9 Å². The molecule has 4 aromatic rings. The summed E-state index contributed by atoms with van der Waals surface area (Å²) in [6, 6.07) is 7.59. The molecule has 1 saturated carbocycles. The van der Waals surface area contributed by atoms with Crippen LogP contribution in [0.1, 0.15) is 47.0 Å². The van der Waals surface area contributed by atoms with Crippen molar-refractivity contribution in [2.75, 3.05) is 11.1 Å². The van der Waals surface area contributed by atoms with Crippen LogP contribution in [0.5, 0.6) is 0 Å². The zero-order valence-corrected chi connectivity index (χ0v) is 19.3. The average Bonchev–Trinajstić information content (AvgIpc) is 3.44. The number of fused-ring (bicyclic) bond motifs is 1. The van der Waals surface area contributed by atoms with Crippen molar-refractivity contribution in [1.82, 2.24) is 30.0 Å². The summed E-state index contributed by atoms with van der Waals surface area (Å²) in [4.78, 5) is 26.5. The number of hydrogen-bond acceptors (Lipinski definition) is 9. The number of thiazole rings is 1. The molecule has 3 aromatic heterocycles. The molecule has 1 amide bonds. The zero-order chi connectivity index (χ0) is 23.7. The first-order chi connectivity index (χ1) is 16.5. The predicted octanol–water partition coefficient (Wildman–Crippen LogP) is 3.65. The number of carbonyl (C=O) groups excluding carboxylic acids is 1. The van der Waals surface area contributed by atoms with Gasteiger partial charge in [0.25, 0.3) is 5.91 Å². The van der Waals surface area contributed by atoms with E-state index in [1.54, 1.807) is 18.3 Å². The van der Waals surface area contributed by atoms with Gasteiger partial charge in [0.15, 0.2) is 17.0 Å². The Kier molecular flexibility index (Phi) is 5.81. The van der Waals surface area contributed by atoms with E-state index in [2.05, 4.69) is 25.6 Å². The molecule has 1 fully saturated rings. The number of rotatable bonds is 5. The first-order valence-corrected chi connectivity index (χ1v) is 11.8. The summed E-state index contributed by atoms with van der Waals surface area (Å²) in [5.74, 6) is 0.147. The summed E-state index contributed by atoms with van der Waals surface area (Å²) in [7, 11) is 0. The Balaban J connectivity index is 1.43. The molecule has 1 aliphatic rings. The molecule has 1 aromatic carbocycles.